The SMILES string of the molecule is CC1(C)CCC2(C)O[B-]OC2(C)C1. The summed E-state index contributed by atoms with van der Waals surface area (Å²) in [6.45, 7) is 8.93. The molecule has 1 saturated heterocycles. The van der Waals surface area contributed by atoms with Crippen molar-refractivity contribution in [2.24, 2.45) is 5.41 Å². The fourth-order valence-corrected chi connectivity index (χ4v) is 2.62. The molecule has 0 aromatic heterocycles. The van der Waals surface area contributed by atoms with E-state index in [1.54, 1.807) is 0 Å². The molecule has 2 nitrogen and oxygen atoms in total. The Morgan fingerprint density at radius 2 is 1.54 bits per heavy atom. The summed E-state index contributed by atoms with van der Waals surface area (Å²) in [5.41, 5.74) is 0.174. The van der Waals surface area contributed by atoms with Gasteiger partial charge in [-0.2, -0.15) is 0 Å². The van der Waals surface area contributed by atoms with Gasteiger partial charge >= 0.3 is 0 Å². The van der Waals surface area contributed by atoms with Crippen LogP contribution in [0.5, 0.6) is 0 Å². The molecule has 0 aromatic carbocycles. The van der Waals surface area contributed by atoms with Gasteiger partial charge in [0.05, 0.1) is 0 Å². The van der Waals surface area contributed by atoms with Crippen molar-refractivity contribution in [1.29, 1.82) is 0 Å². The van der Waals surface area contributed by atoms with Crippen molar-refractivity contribution in [1.82, 2.24) is 0 Å². The Labute approximate surface area is 81.3 Å². The predicted octanol–water partition coefficient (Wildman–Crippen LogP) is 2.29. The highest BCUT2D eigenvalue weighted by Crippen LogP contribution is 2.51. The molecule has 2 aliphatic rings. The van der Waals surface area contributed by atoms with Gasteiger partial charge in [-0.25, -0.2) is 0 Å². The zero-order valence-electron chi connectivity index (χ0n) is 9.02. The number of rotatable bonds is 0. The second kappa shape index (κ2) is 2.51. The van der Waals surface area contributed by atoms with E-state index in [-0.39, 0.29) is 11.2 Å². The van der Waals surface area contributed by atoms with Crippen LogP contribution in [0.1, 0.15) is 47.0 Å². The molecule has 74 valence electrons. The summed E-state index contributed by atoms with van der Waals surface area (Å²) >= 11 is 0. The van der Waals surface area contributed by atoms with Gasteiger partial charge in [0.1, 0.15) is 0 Å². The summed E-state index contributed by atoms with van der Waals surface area (Å²) in [4.78, 5) is 0. The third kappa shape index (κ3) is 1.33. The molecule has 2 radical (unpaired) electrons. The van der Waals surface area contributed by atoms with Gasteiger partial charge in [0.25, 0.3) is 0 Å². The van der Waals surface area contributed by atoms with E-state index in [2.05, 4.69) is 27.7 Å². The lowest BCUT2D eigenvalue weighted by Crippen LogP contribution is -2.53. The molecule has 2 unspecified atom stereocenters. The average Bonchev–Trinajstić information content (AvgIpc) is 2.25. The van der Waals surface area contributed by atoms with Crippen LogP contribution in [-0.2, 0) is 9.31 Å². The van der Waals surface area contributed by atoms with E-state index in [0.29, 0.717) is 5.41 Å². The second-order valence-corrected chi connectivity index (χ2v) is 5.63. The van der Waals surface area contributed by atoms with Gasteiger partial charge in [-0.15, -0.1) is 0 Å². The van der Waals surface area contributed by atoms with Crippen LogP contribution < -0.4 is 0 Å². The van der Waals surface area contributed by atoms with Crippen molar-refractivity contribution in [3.05, 3.63) is 0 Å². The van der Waals surface area contributed by atoms with E-state index in [0.717, 1.165) is 12.8 Å². The average molecular weight is 181 g/mol. The van der Waals surface area contributed by atoms with Crippen LogP contribution in [-0.4, -0.2) is 18.9 Å². The normalized spacial score (nSPS) is 48.9. The molecule has 1 aliphatic carbocycles. The van der Waals surface area contributed by atoms with E-state index in [4.69, 9.17) is 9.31 Å². The largest absolute Gasteiger partial charge is 0.620 e. The van der Waals surface area contributed by atoms with Gasteiger partial charge in [0.15, 0.2) is 0 Å². The van der Waals surface area contributed by atoms with E-state index in [9.17, 15) is 0 Å². The minimum atomic E-state index is -0.116. The molecule has 0 bridgehead atoms. The van der Waals surface area contributed by atoms with E-state index < -0.39 is 0 Å². The number of hydrogen-bond acceptors (Lipinski definition) is 2. The van der Waals surface area contributed by atoms with Crippen LogP contribution >= 0.6 is 0 Å². The molecule has 0 amide bonds. The molecule has 3 heteroatoms. The van der Waals surface area contributed by atoms with Crippen molar-refractivity contribution < 1.29 is 9.31 Å². The van der Waals surface area contributed by atoms with Gasteiger partial charge in [-0.3, -0.25) is 0 Å². The Balaban J connectivity index is 2.25. The number of fused-ring (bicyclic) bond motifs is 1. The van der Waals surface area contributed by atoms with Crippen molar-refractivity contribution in [3.63, 3.8) is 0 Å². The summed E-state index contributed by atoms with van der Waals surface area (Å²) in [5.74, 6) is 0. The van der Waals surface area contributed by atoms with Gasteiger partial charge in [0.2, 0.25) is 0 Å². The Morgan fingerprint density at radius 3 is 2.23 bits per heavy atom. The molecule has 0 spiro atoms. The van der Waals surface area contributed by atoms with Crippen LogP contribution in [0.15, 0.2) is 0 Å². The maximum Gasteiger partial charge on any atom is 0.0437 e. The molecule has 2 rings (SSSR count). The first kappa shape index (κ1) is 9.54. The van der Waals surface area contributed by atoms with Crippen molar-refractivity contribution in [2.45, 2.75) is 58.2 Å². The van der Waals surface area contributed by atoms with Crippen LogP contribution in [0.4, 0.5) is 0 Å². The van der Waals surface area contributed by atoms with Gasteiger partial charge in [-0.05, 0) is 46.2 Å². The standard InChI is InChI=1S/C10H18BO2/c1-8(2)5-6-9(3)10(4,7-8)13-11-12-9/h5-7H2,1-4H3/q-1. The van der Waals surface area contributed by atoms with E-state index in [1.807, 2.05) is 0 Å². The zero-order chi connectivity index (χ0) is 9.74. The first-order chi connectivity index (χ1) is 5.87. The molecule has 0 N–H and O–H groups in total. The van der Waals surface area contributed by atoms with E-state index in [1.165, 1.54) is 14.1 Å². The topological polar surface area (TPSA) is 18.5 Å². The predicted molar refractivity (Wildman–Crippen MR) is 52.4 cm³/mol. The van der Waals surface area contributed by atoms with Crippen molar-refractivity contribution >= 4 is 7.69 Å². The summed E-state index contributed by atoms with van der Waals surface area (Å²) in [5, 5.41) is 0. The smallest absolute Gasteiger partial charge is 0.0437 e. The molecule has 2 fully saturated rings. The maximum atomic E-state index is 5.64. The molecule has 1 aliphatic heterocycles. The molecule has 13 heavy (non-hydrogen) atoms. The number of hydrogen-bond donors (Lipinski definition) is 0. The Kier molecular flexibility index (Phi) is 1.84. The lowest BCUT2D eigenvalue weighted by molar-refractivity contribution is -0.0916. The van der Waals surface area contributed by atoms with Crippen molar-refractivity contribution in [2.75, 3.05) is 0 Å². The molecule has 1 heterocycles. The fraction of sp³-hybridized carbons (Fsp3) is 1.00. The van der Waals surface area contributed by atoms with Gasteiger partial charge < -0.3 is 9.31 Å². The molecule has 0 aromatic rings. The molecule has 1 saturated carbocycles. The van der Waals surface area contributed by atoms with Crippen LogP contribution in [0.3, 0.4) is 0 Å². The molecule has 2 atom stereocenters. The van der Waals surface area contributed by atoms with Crippen molar-refractivity contribution in [3.8, 4) is 0 Å². The molecular formula is C10H18BO2-. The lowest BCUT2D eigenvalue weighted by Gasteiger charge is -2.53. The van der Waals surface area contributed by atoms with Crippen LogP contribution in [0.2, 0.25) is 0 Å². The summed E-state index contributed by atoms with van der Waals surface area (Å²) in [6.07, 6.45) is 3.39. The highest BCUT2D eigenvalue weighted by Gasteiger charge is 2.50. The minimum absolute atomic E-state index is 0.0947. The van der Waals surface area contributed by atoms with Crippen LogP contribution in [0, 0.1) is 5.41 Å². The molecular weight excluding hydrogens is 163 g/mol. The zero-order valence-corrected chi connectivity index (χ0v) is 9.02. The quantitative estimate of drug-likeness (QED) is 0.533. The Hall–Kier alpha value is -0.0151. The monoisotopic (exact) mass is 181 g/mol. The summed E-state index contributed by atoms with van der Waals surface area (Å²) in [7, 11) is 1.53. The maximum absolute atomic E-state index is 5.64. The third-order valence-corrected chi connectivity index (χ3v) is 3.83. The third-order valence-electron chi connectivity index (χ3n) is 3.83. The first-order valence-corrected chi connectivity index (χ1v) is 5.04. The highest BCUT2D eigenvalue weighted by molar-refractivity contribution is 6.19. The first-order valence-electron chi connectivity index (χ1n) is 5.04. The lowest BCUT2D eigenvalue weighted by atomic mass is 9.63. The summed E-state index contributed by atoms with van der Waals surface area (Å²) < 4.78 is 11.2. The van der Waals surface area contributed by atoms with Gasteiger partial charge in [-0.1, -0.05) is 13.8 Å². The second-order valence-electron chi connectivity index (χ2n) is 5.63. The summed E-state index contributed by atoms with van der Waals surface area (Å²) in [6, 6.07) is 0. The fourth-order valence-electron chi connectivity index (χ4n) is 2.62. The highest BCUT2D eigenvalue weighted by atomic mass is 16.7. The van der Waals surface area contributed by atoms with E-state index >= 15 is 0 Å². The Bertz CT molecular complexity index is 229. The van der Waals surface area contributed by atoms with Gasteiger partial charge in [0, 0.05) is 11.2 Å². The van der Waals surface area contributed by atoms with Crippen LogP contribution in [0.25, 0.3) is 0 Å². The minimum Gasteiger partial charge on any atom is -0.620 e. The Morgan fingerprint density at radius 1 is 0.923 bits per heavy atom.